The predicted molar refractivity (Wildman–Crippen MR) is 57.8 cm³/mol. The van der Waals surface area contributed by atoms with Crippen molar-refractivity contribution in [1.82, 2.24) is 0 Å². The molecule has 0 nitrogen and oxygen atoms in total. The fraction of sp³-hybridized carbons (Fsp3) is 0.231. The van der Waals surface area contributed by atoms with Crippen LogP contribution in [0.1, 0.15) is 18.4 Å². The topological polar surface area (TPSA) is 0 Å². The zero-order valence-corrected chi connectivity index (χ0v) is 8.59. The molecule has 3 heteroatoms. The van der Waals surface area contributed by atoms with Gasteiger partial charge in [-0.15, -0.1) is 0 Å². The van der Waals surface area contributed by atoms with Crippen LogP contribution in [-0.2, 0) is 0 Å². The molecule has 2 rings (SSSR count). The van der Waals surface area contributed by atoms with Gasteiger partial charge in [-0.05, 0) is 24.0 Å². The third-order valence-electron chi connectivity index (χ3n) is 2.60. The Morgan fingerprint density at radius 1 is 1.00 bits per heavy atom. The zero-order valence-electron chi connectivity index (χ0n) is 8.59. The number of benzene rings is 1. The first-order valence-electron chi connectivity index (χ1n) is 5.11. The van der Waals surface area contributed by atoms with E-state index in [9.17, 15) is 13.2 Å². The maximum absolute atomic E-state index is 12.8. The molecule has 0 N–H and O–H groups in total. The van der Waals surface area contributed by atoms with Crippen molar-refractivity contribution < 1.29 is 13.2 Å². The van der Waals surface area contributed by atoms with Crippen molar-refractivity contribution in [3.05, 3.63) is 53.6 Å². The second kappa shape index (κ2) is 4.16. The largest absolute Gasteiger partial charge is 0.416 e. The lowest BCUT2D eigenvalue weighted by Crippen LogP contribution is -2.14. The highest BCUT2D eigenvalue weighted by atomic mass is 19.4. The molecule has 1 aliphatic rings. The smallest absolute Gasteiger partial charge is 0.166 e. The fourth-order valence-corrected chi connectivity index (χ4v) is 1.87. The maximum Gasteiger partial charge on any atom is 0.416 e. The van der Waals surface area contributed by atoms with E-state index in [1.165, 1.54) is 6.08 Å². The lowest BCUT2D eigenvalue weighted by atomic mass is 9.91. The molecule has 16 heavy (non-hydrogen) atoms. The minimum Gasteiger partial charge on any atom is -0.166 e. The SMILES string of the molecule is FC(F)(F)C1=C(c2ccccc2)CCC=C1. The highest BCUT2D eigenvalue weighted by molar-refractivity contribution is 5.73. The van der Waals surface area contributed by atoms with Crippen LogP contribution < -0.4 is 0 Å². The molecule has 0 heterocycles. The van der Waals surface area contributed by atoms with Crippen molar-refractivity contribution in [3.63, 3.8) is 0 Å². The highest BCUT2D eigenvalue weighted by Crippen LogP contribution is 2.37. The molecule has 1 aromatic rings. The summed E-state index contributed by atoms with van der Waals surface area (Å²) in [5, 5.41) is 0. The van der Waals surface area contributed by atoms with Crippen molar-refractivity contribution in [2.75, 3.05) is 0 Å². The maximum atomic E-state index is 12.8. The number of hydrogen-bond donors (Lipinski definition) is 0. The summed E-state index contributed by atoms with van der Waals surface area (Å²) in [6.45, 7) is 0. The Bertz CT molecular complexity index is 424. The second-order valence-corrected chi connectivity index (χ2v) is 3.70. The van der Waals surface area contributed by atoms with Gasteiger partial charge < -0.3 is 0 Å². The van der Waals surface area contributed by atoms with Crippen molar-refractivity contribution in [2.24, 2.45) is 0 Å². The van der Waals surface area contributed by atoms with E-state index in [2.05, 4.69) is 0 Å². The summed E-state index contributed by atoms with van der Waals surface area (Å²) < 4.78 is 38.3. The Hall–Kier alpha value is -1.51. The molecule has 0 radical (unpaired) electrons. The van der Waals surface area contributed by atoms with Crippen LogP contribution in [-0.4, -0.2) is 6.18 Å². The Labute approximate surface area is 92.1 Å². The lowest BCUT2D eigenvalue weighted by molar-refractivity contribution is -0.0879. The molecular formula is C13H11F3. The van der Waals surface area contributed by atoms with Crippen LogP contribution in [0, 0.1) is 0 Å². The van der Waals surface area contributed by atoms with Crippen LogP contribution in [0.3, 0.4) is 0 Å². The molecule has 1 aromatic carbocycles. The summed E-state index contributed by atoms with van der Waals surface area (Å²) >= 11 is 0. The van der Waals surface area contributed by atoms with Crippen LogP contribution in [0.15, 0.2) is 48.1 Å². The van der Waals surface area contributed by atoms with E-state index < -0.39 is 11.7 Å². The normalized spacial score (nSPS) is 16.7. The molecule has 0 spiro atoms. The standard InChI is InChI=1S/C13H11F3/c14-13(15,16)12-9-5-4-8-11(12)10-6-2-1-3-7-10/h1-3,5-7,9H,4,8H2. The Morgan fingerprint density at radius 2 is 1.69 bits per heavy atom. The summed E-state index contributed by atoms with van der Waals surface area (Å²) in [5.41, 5.74) is 0.555. The van der Waals surface area contributed by atoms with Gasteiger partial charge in [-0.2, -0.15) is 13.2 Å². The summed E-state index contributed by atoms with van der Waals surface area (Å²) in [7, 11) is 0. The average molecular weight is 224 g/mol. The number of hydrogen-bond acceptors (Lipinski definition) is 0. The van der Waals surface area contributed by atoms with Gasteiger partial charge >= 0.3 is 6.18 Å². The quantitative estimate of drug-likeness (QED) is 0.665. The van der Waals surface area contributed by atoms with E-state index in [1.807, 2.05) is 0 Å². The van der Waals surface area contributed by atoms with E-state index in [1.54, 1.807) is 36.4 Å². The molecule has 0 aliphatic heterocycles. The number of rotatable bonds is 1. The molecule has 0 aromatic heterocycles. The van der Waals surface area contributed by atoms with Crippen LogP contribution in [0.4, 0.5) is 13.2 Å². The van der Waals surface area contributed by atoms with Crippen molar-refractivity contribution in [3.8, 4) is 0 Å². The summed E-state index contributed by atoms with van der Waals surface area (Å²) in [4.78, 5) is 0. The Morgan fingerprint density at radius 3 is 2.31 bits per heavy atom. The molecule has 84 valence electrons. The fourth-order valence-electron chi connectivity index (χ4n) is 1.87. The third-order valence-corrected chi connectivity index (χ3v) is 2.60. The van der Waals surface area contributed by atoms with Gasteiger partial charge in [0, 0.05) is 0 Å². The monoisotopic (exact) mass is 224 g/mol. The zero-order chi connectivity index (χ0) is 11.6. The van der Waals surface area contributed by atoms with Crippen LogP contribution in [0.2, 0.25) is 0 Å². The van der Waals surface area contributed by atoms with E-state index in [-0.39, 0.29) is 0 Å². The molecule has 0 unspecified atom stereocenters. The summed E-state index contributed by atoms with van der Waals surface area (Å²) in [5.74, 6) is 0. The number of alkyl halides is 3. The van der Waals surface area contributed by atoms with Gasteiger partial charge in [0.15, 0.2) is 0 Å². The molecule has 0 saturated heterocycles. The first kappa shape index (κ1) is 11.0. The van der Waals surface area contributed by atoms with Gasteiger partial charge in [0.2, 0.25) is 0 Å². The summed E-state index contributed by atoms with van der Waals surface area (Å²) in [6, 6.07) is 8.76. The predicted octanol–water partition coefficient (Wildman–Crippen LogP) is 4.35. The minimum atomic E-state index is -4.26. The molecule has 0 amide bonds. The lowest BCUT2D eigenvalue weighted by Gasteiger charge is -2.18. The molecule has 0 saturated carbocycles. The van der Waals surface area contributed by atoms with Crippen molar-refractivity contribution >= 4 is 5.57 Å². The van der Waals surface area contributed by atoms with Gasteiger partial charge in [-0.1, -0.05) is 42.5 Å². The van der Waals surface area contributed by atoms with Gasteiger partial charge in [-0.3, -0.25) is 0 Å². The number of allylic oxidation sites excluding steroid dienone is 4. The van der Waals surface area contributed by atoms with Crippen LogP contribution in [0.5, 0.6) is 0 Å². The summed E-state index contributed by atoms with van der Waals surface area (Å²) in [6.07, 6.45) is -0.373. The van der Waals surface area contributed by atoms with E-state index in [4.69, 9.17) is 0 Å². The van der Waals surface area contributed by atoms with Crippen molar-refractivity contribution in [1.29, 1.82) is 0 Å². The first-order valence-corrected chi connectivity index (χ1v) is 5.11. The van der Waals surface area contributed by atoms with E-state index in [0.717, 1.165) is 0 Å². The van der Waals surface area contributed by atoms with Gasteiger partial charge in [0.25, 0.3) is 0 Å². The molecule has 0 fully saturated rings. The van der Waals surface area contributed by atoms with E-state index in [0.29, 0.717) is 24.0 Å². The Balaban J connectivity index is 2.51. The van der Waals surface area contributed by atoms with Crippen molar-refractivity contribution in [2.45, 2.75) is 19.0 Å². The molecule has 0 bridgehead atoms. The second-order valence-electron chi connectivity index (χ2n) is 3.70. The van der Waals surface area contributed by atoms with Gasteiger partial charge in [-0.25, -0.2) is 0 Å². The molecule has 0 atom stereocenters. The number of halogens is 3. The first-order chi connectivity index (χ1) is 7.59. The third kappa shape index (κ3) is 2.18. The highest BCUT2D eigenvalue weighted by Gasteiger charge is 2.35. The Kier molecular flexibility index (Phi) is 2.86. The van der Waals surface area contributed by atoms with Gasteiger partial charge in [0.1, 0.15) is 0 Å². The van der Waals surface area contributed by atoms with Crippen LogP contribution in [0.25, 0.3) is 5.57 Å². The van der Waals surface area contributed by atoms with Gasteiger partial charge in [0.05, 0.1) is 5.57 Å². The minimum absolute atomic E-state index is 0.399. The molecule has 1 aliphatic carbocycles. The average Bonchev–Trinajstić information content (AvgIpc) is 2.29. The van der Waals surface area contributed by atoms with Crippen LogP contribution >= 0.6 is 0 Å². The van der Waals surface area contributed by atoms with E-state index >= 15 is 0 Å². The molecular weight excluding hydrogens is 213 g/mol.